The van der Waals surface area contributed by atoms with Gasteiger partial charge in [-0.2, -0.15) is 0 Å². The van der Waals surface area contributed by atoms with Gasteiger partial charge >= 0.3 is 5.97 Å². The van der Waals surface area contributed by atoms with Crippen LogP contribution in [0, 0.1) is 0 Å². The maximum Gasteiger partial charge on any atom is 0.338 e. The average molecular weight is 261 g/mol. The highest BCUT2D eigenvalue weighted by molar-refractivity contribution is 5.91. The minimum Gasteiger partial charge on any atom is -0.452 e. The number of esters is 1. The highest BCUT2D eigenvalue weighted by Gasteiger charge is 2.23. The molecule has 0 atom stereocenters. The molecular weight excluding hydrogens is 242 g/mol. The molecule has 0 bridgehead atoms. The number of ether oxygens (including phenoxy) is 1. The number of rotatable bonds is 5. The normalized spacial score (nSPS) is 14.3. The molecule has 4 nitrogen and oxygen atoms in total. The highest BCUT2D eigenvalue weighted by Crippen LogP contribution is 2.18. The van der Waals surface area contributed by atoms with E-state index in [0.717, 1.165) is 12.8 Å². The van der Waals surface area contributed by atoms with Crippen LogP contribution in [0.5, 0.6) is 0 Å². The van der Waals surface area contributed by atoms with Crippen molar-refractivity contribution in [1.82, 2.24) is 5.32 Å². The molecule has 1 aliphatic rings. The van der Waals surface area contributed by atoms with E-state index in [1.54, 1.807) is 12.1 Å². The van der Waals surface area contributed by atoms with Gasteiger partial charge in [-0.15, -0.1) is 0 Å². The van der Waals surface area contributed by atoms with Crippen LogP contribution in [-0.4, -0.2) is 24.5 Å². The Bertz CT molecular complexity index is 461. The molecular formula is C15H19NO3. The predicted molar refractivity (Wildman–Crippen MR) is 72.0 cm³/mol. The van der Waals surface area contributed by atoms with E-state index in [2.05, 4.69) is 19.2 Å². The van der Waals surface area contributed by atoms with Gasteiger partial charge in [0, 0.05) is 6.04 Å². The van der Waals surface area contributed by atoms with E-state index < -0.39 is 5.97 Å². The summed E-state index contributed by atoms with van der Waals surface area (Å²) in [5, 5.41) is 2.77. The molecule has 0 aliphatic heterocycles. The van der Waals surface area contributed by atoms with Crippen molar-refractivity contribution < 1.29 is 14.3 Å². The molecule has 1 saturated carbocycles. The van der Waals surface area contributed by atoms with Gasteiger partial charge in [0.15, 0.2) is 6.61 Å². The average Bonchev–Trinajstić information content (AvgIpc) is 3.20. The maximum atomic E-state index is 11.7. The lowest BCUT2D eigenvalue weighted by Crippen LogP contribution is -2.30. The number of amides is 1. The van der Waals surface area contributed by atoms with Crippen molar-refractivity contribution in [2.45, 2.75) is 38.6 Å². The van der Waals surface area contributed by atoms with Crippen LogP contribution < -0.4 is 5.32 Å². The van der Waals surface area contributed by atoms with E-state index in [-0.39, 0.29) is 18.6 Å². The number of carbonyl (C=O) groups is 2. The van der Waals surface area contributed by atoms with E-state index in [4.69, 9.17) is 4.74 Å². The zero-order valence-corrected chi connectivity index (χ0v) is 11.3. The molecule has 2 rings (SSSR count). The molecule has 1 aromatic rings. The van der Waals surface area contributed by atoms with Gasteiger partial charge < -0.3 is 10.1 Å². The zero-order chi connectivity index (χ0) is 13.8. The van der Waals surface area contributed by atoms with Gasteiger partial charge in [0.05, 0.1) is 5.56 Å². The van der Waals surface area contributed by atoms with Gasteiger partial charge in [-0.3, -0.25) is 4.79 Å². The molecule has 1 aromatic carbocycles. The topological polar surface area (TPSA) is 55.4 Å². The van der Waals surface area contributed by atoms with E-state index in [1.165, 1.54) is 5.56 Å². The number of hydrogen-bond donors (Lipinski definition) is 1. The summed E-state index contributed by atoms with van der Waals surface area (Å²) in [6.07, 6.45) is 2.05. The molecule has 19 heavy (non-hydrogen) atoms. The van der Waals surface area contributed by atoms with Gasteiger partial charge in [-0.1, -0.05) is 26.0 Å². The first-order valence-electron chi connectivity index (χ1n) is 6.62. The first kappa shape index (κ1) is 13.6. The van der Waals surface area contributed by atoms with Crippen molar-refractivity contribution in [2.24, 2.45) is 0 Å². The van der Waals surface area contributed by atoms with Crippen LogP contribution in [0.2, 0.25) is 0 Å². The maximum absolute atomic E-state index is 11.7. The Morgan fingerprint density at radius 1 is 1.26 bits per heavy atom. The molecule has 0 spiro atoms. The molecule has 0 saturated heterocycles. The Labute approximate surface area is 113 Å². The monoisotopic (exact) mass is 261 g/mol. The molecule has 0 aromatic heterocycles. The second kappa shape index (κ2) is 5.87. The first-order chi connectivity index (χ1) is 9.06. The van der Waals surface area contributed by atoms with E-state index in [9.17, 15) is 9.59 Å². The fourth-order valence-electron chi connectivity index (χ4n) is 1.72. The molecule has 1 fully saturated rings. The standard InChI is InChI=1S/C15H19NO3/c1-10(2)11-3-5-12(6-4-11)15(18)19-9-14(17)16-13-7-8-13/h3-6,10,13H,7-9H2,1-2H3,(H,16,17). The quantitative estimate of drug-likeness (QED) is 0.827. The summed E-state index contributed by atoms with van der Waals surface area (Å²) in [5.41, 5.74) is 1.65. The van der Waals surface area contributed by atoms with Crippen LogP contribution in [0.15, 0.2) is 24.3 Å². The van der Waals surface area contributed by atoms with Crippen molar-refractivity contribution in [3.05, 3.63) is 35.4 Å². The van der Waals surface area contributed by atoms with Gasteiger partial charge in [-0.25, -0.2) is 4.79 Å². The fraction of sp³-hybridized carbons (Fsp3) is 0.467. The second-order valence-corrected chi connectivity index (χ2v) is 5.19. The van der Waals surface area contributed by atoms with Crippen LogP contribution >= 0.6 is 0 Å². The predicted octanol–water partition coefficient (Wildman–Crippen LogP) is 2.25. The summed E-state index contributed by atoms with van der Waals surface area (Å²) >= 11 is 0. The summed E-state index contributed by atoms with van der Waals surface area (Å²) in [7, 11) is 0. The molecule has 1 amide bonds. The van der Waals surface area contributed by atoms with Crippen LogP contribution in [0.3, 0.4) is 0 Å². The highest BCUT2D eigenvalue weighted by atomic mass is 16.5. The molecule has 0 radical (unpaired) electrons. The third kappa shape index (κ3) is 4.09. The second-order valence-electron chi connectivity index (χ2n) is 5.19. The van der Waals surface area contributed by atoms with Crippen molar-refractivity contribution in [3.8, 4) is 0 Å². The van der Waals surface area contributed by atoms with Crippen LogP contribution in [-0.2, 0) is 9.53 Å². The largest absolute Gasteiger partial charge is 0.452 e. The molecule has 0 unspecified atom stereocenters. The van der Waals surface area contributed by atoms with Crippen molar-refractivity contribution in [2.75, 3.05) is 6.61 Å². The molecule has 1 aliphatic carbocycles. The van der Waals surface area contributed by atoms with Crippen LogP contribution in [0.1, 0.15) is 48.5 Å². The van der Waals surface area contributed by atoms with Crippen molar-refractivity contribution in [3.63, 3.8) is 0 Å². The van der Waals surface area contributed by atoms with Crippen LogP contribution in [0.25, 0.3) is 0 Å². The molecule has 1 N–H and O–H groups in total. The van der Waals surface area contributed by atoms with E-state index in [1.807, 2.05) is 12.1 Å². The molecule has 102 valence electrons. The van der Waals surface area contributed by atoms with E-state index in [0.29, 0.717) is 11.5 Å². The minimum atomic E-state index is -0.457. The van der Waals surface area contributed by atoms with Crippen LogP contribution in [0.4, 0.5) is 0 Å². The van der Waals surface area contributed by atoms with Gasteiger partial charge in [0.2, 0.25) is 0 Å². The lowest BCUT2D eigenvalue weighted by atomic mass is 10.0. The van der Waals surface area contributed by atoms with E-state index >= 15 is 0 Å². The molecule has 0 heterocycles. The summed E-state index contributed by atoms with van der Waals surface area (Å²) in [4.78, 5) is 23.1. The number of nitrogens with one attached hydrogen (secondary N) is 1. The SMILES string of the molecule is CC(C)c1ccc(C(=O)OCC(=O)NC2CC2)cc1. The third-order valence-electron chi connectivity index (χ3n) is 3.09. The van der Waals surface area contributed by atoms with Gasteiger partial charge in [-0.05, 0) is 36.5 Å². The summed E-state index contributed by atoms with van der Waals surface area (Å²) in [6.45, 7) is 3.98. The lowest BCUT2D eigenvalue weighted by molar-refractivity contribution is -0.124. The molecule has 4 heteroatoms. The summed E-state index contributed by atoms with van der Waals surface area (Å²) < 4.78 is 4.97. The number of carbonyl (C=O) groups excluding carboxylic acids is 2. The summed E-state index contributed by atoms with van der Waals surface area (Å²) in [6, 6.07) is 7.57. The Morgan fingerprint density at radius 2 is 1.89 bits per heavy atom. The lowest BCUT2D eigenvalue weighted by Gasteiger charge is -2.07. The van der Waals surface area contributed by atoms with Crippen molar-refractivity contribution >= 4 is 11.9 Å². The van der Waals surface area contributed by atoms with Crippen molar-refractivity contribution in [1.29, 1.82) is 0 Å². The smallest absolute Gasteiger partial charge is 0.338 e. The van der Waals surface area contributed by atoms with Gasteiger partial charge in [0.1, 0.15) is 0 Å². The summed E-state index contributed by atoms with van der Waals surface area (Å²) in [5.74, 6) is -0.259. The zero-order valence-electron chi connectivity index (χ0n) is 11.3. The van der Waals surface area contributed by atoms with Gasteiger partial charge in [0.25, 0.3) is 5.91 Å². The Kier molecular flexibility index (Phi) is 4.20. The third-order valence-corrected chi connectivity index (χ3v) is 3.09. The Morgan fingerprint density at radius 3 is 2.42 bits per heavy atom. The Hall–Kier alpha value is -1.84. The minimum absolute atomic E-state index is 0.207. The Balaban J connectivity index is 1.83. The fourth-order valence-corrected chi connectivity index (χ4v) is 1.72. The number of hydrogen-bond acceptors (Lipinski definition) is 3. The first-order valence-corrected chi connectivity index (χ1v) is 6.62. The number of benzene rings is 1.